The molecule has 0 atom stereocenters. The van der Waals surface area contributed by atoms with Crippen molar-refractivity contribution in [3.63, 3.8) is 0 Å². The summed E-state index contributed by atoms with van der Waals surface area (Å²) in [5.41, 5.74) is 0.771. The summed E-state index contributed by atoms with van der Waals surface area (Å²) in [6.07, 6.45) is 0. The standard InChI is InChI=1S/C12H26N2OSi/c1-11(13-5)10-14-8-9-15-16(6,7)12(2,3)4/h14H,1,5,8-10H2,2-4,6-7H3. The number of nitrogens with one attached hydrogen (secondary N) is 1. The molecular formula is C12H26N2OSi. The average molecular weight is 242 g/mol. The van der Waals surface area contributed by atoms with Crippen molar-refractivity contribution in [3.05, 3.63) is 12.3 Å². The summed E-state index contributed by atoms with van der Waals surface area (Å²) in [5, 5.41) is 3.50. The Labute approximate surface area is 101 Å². The van der Waals surface area contributed by atoms with Gasteiger partial charge in [-0.15, -0.1) is 0 Å². The maximum atomic E-state index is 6.01. The molecule has 0 bridgehead atoms. The third-order valence-corrected chi connectivity index (χ3v) is 7.64. The molecule has 0 amide bonds. The molecule has 0 aromatic heterocycles. The summed E-state index contributed by atoms with van der Waals surface area (Å²) in [6.45, 7) is 20.7. The second-order valence-electron chi connectivity index (χ2n) is 5.51. The van der Waals surface area contributed by atoms with Gasteiger partial charge in [0.05, 0.1) is 0 Å². The molecule has 0 aliphatic rings. The summed E-state index contributed by atoms with van der Waals surface area (Å²) in [6, 6.07) is 0. The number of nitrogens with zero attached hydrogens (tertiary/aromatic N) is 1. The number of hydrogen-bond acceptors (Lipinski definition) is 3. The minimum atomic E-state index is -1.59. The van der Waals surface area contributed by atoms with Gasteiger partial charge in [-0.1, -0.05) is 27.4 Å². The van der Waals surface area contributed by atoms with Gasteiger partial charge in [-0.3, -0.25) is 4.99 Å². The Hall–Kier alpha value is -0.453. The largest absolute Gasteiger partial charge is 0.416 e. The van der Waals surface area contributed by atoms with Gasteiger partial charge >= 0.3 is 0 Å². The van der Waals surface area contributed by atoms with Crippen molar-refractivity contribution in [1.29, 1.82) is 0 Å². The van der Waals surface area contributed by atoms with Gasteiger partial charge in [-0.25, -0.2) is 0 Å². The molecule has 0 rings (SSSR count). The predicted octanol–water partition coefficient (Wildman–Crippen LogP) is 2.81. The first-order valence-corrected chi connectivity index (χ1v) is 8.61. The van der Waals surface area contributed by atoms with Gasteiger partial charge in [0.15, 0.2) is 8.32 Å². The Morgan fingerprint density at radius 2 is 1.94 bits per heavy atom. The van der Waals surface area contributed by atoms with E-state index in [1.54, 1.807) is 0 Å². The Morgan fingerprint density at radius 3 is 2.38 bits per heavy atom. The summed E-state index contributed by atoms with van der Waals surface area (Å²) >= 11 is 0. The van der Waals surface area contributed by atoms with E-state index in [9.17, 15) is 0 Å². The maximum Gasteiger partial charge on any atom is 0.192 e. The fraction of sp³-hybridized carbons (Fsp3) is 0.750. The Bertz CT molecular complexity index is 244. The van der Waals surface area contributed by atoms with Crippen molar-refractivity contribution in [2.45, 2.75) is 38.9 Å². The van der Waals surface area contributed by atoms with Crippen LogP contribution in [0.1, 0.15) is 20.8 Å². The van der Waals surface area contributed by atoms with Gasteiger partial charge in [0.2, 0.25) is 0 Å². The van der Waals surface area contributed by atoms with E-state index in [-0.39, 0.29) is 5.04 Å². The Morgan fingerprint density at radius 1 is 1.38 bits per heavy atom. The molecular weight excluding hydrogens is 216 g/mol. The van der Waals surface area contributed by atoms with Crippen molar-refractivity contribution in [2.24, 2.45) is 4.99 Å². The Balaban J connectivity index is 3.75. The van der Waals surface area contributed by atoms with Gasteiger partial charge in [-0.2, -0.15) is 0 Å². The van der Waals surface area contributed by atoms with E-state index in [4.69, 9.17) is 4.43 Å². The molecule has 0 saturated heterocycles. The predicted molar refractivity (Wildman–Crippen MR) is 74.7 cm³/mol. The zero-order chi connectivity index (χ0) is 12.8. The lowest BCUT2D eigenvalue weighted by Crippen LogP contribution is -2.42. The minimum absolute atomic E-state index is 0.277. The van der Waals surface area contributed by atoms with Gasteiger partial charge in [-0.05, 0) is 24.8 Å². The first-order valence-electron chi connectivity index (χ1n) is 5.70. The topological polar surface area (TPSA) is 33.6 Å². The maximum absolute atomic E-state index is 6.01. The molecule has 0 aromatic carbocycles. The zero-order valence-electron chi connectivity index (χ0n) is 11.4. The molecule has 0 saturated carbocycles. The molecule has 0 aliphatic carbocycles. The summed E-state index contributed by atoms with van der Waals surface area (Å²) < 4.78 is 6.01. The van der Waals surface area contributed by atoms with E-state index < -0.39 is 8.32 Å². The second kappa shape index (κ2) is 6.32. The monoisotopic (exact) mass is 242 g/mol. The van der Waals surface area contributed by atoms with Crippen molar-refractivity contribution in [1.82, 2.24) is 5.32 Å². The molecule has 0 aromatic rings. The fourth-order valence-corrected chi connectivity index (χ4v) is 1.93. The number of aliphatic imine (C=N–C) groups is 1. The van der Waals surface area contributed by atoms with Crippen LogP contribution in [0.25, 0.3) is 0 Å². The van der Waals surface area contributed by atoms with Crippen LogP contribution < -0.4 is 5.32 Å². The van der Waals surface area contributed by atoms with Crippen molar-refractivity contribution in [2.75, 3.05) is 19.7 Å². The normalized spacial score (nSPS) is 12.6. The van der Waals surface area contributed by atoms with Crippen LogP contribution in [0.3, 0.4) is 0 Å². The van der Waals surface area contributed by atoms with Crippen molar-refractivity contribution in [3.8, 4) is 0 Å². The van der Waals surface area contributed by atoms with Gasteiger partial charge in [0.25, 0.3) is 0 Å². The van der Waals surface area contributed by atoms with Crippen LogP contribution in [0.15, 0.2) is 17.3 Å². The first kappa shape index (κ1) is 15.5. The molecule has 94 valence electrons. The van der Waals surface area contributed by atoms with E-state index in [0.29, 0.717) is 6.54 Å². The molecule has 1 N–H and O–H groups in total. The third-order valence-electron chi connectivity index (χ3n) is 3.10. The highest BCUT2D eigenvalue weighted by Gasteiger charge is 2.36. The highest BCUT2D eigenvalue weighted by Crippen LogP contribution is 2.36. The van der Waals surface area contributed by atoms with E-state index in [1.807, 2.05) is 0 Å². The number of hydrogen-bond donors (Lipinski definition) is 1. The quantitative estimate of drug-likeness (QED) is 0.423. The Kier molecular flexibility index (Phi) is 6.14. The van der Waals surface area contributed by atoms with Gasteiger partial charge in [0, 0.05) is 25.4 Å². The summed E-state index contributed by atoms with van der Waals surface area (Å²) in [4.78, 5) is 3.74. The molecule has 0 aliphatic heterocycles. The van der Waals surface area contributed by atoms with E-state index in [1.165, 1.54) is 0 Å². The van der Waals surface area contributed by atoms with Crippen molar-refractivity contribution >= 4 is 15.0 Å². The molecule has 0 fully saturated rings. The van der Waals surface area contributed by atoms with Crippen LogP contribution in [-0.2, 0) is 4.43 Å². The van der Waals surface area contributed by atoms with Crippen LogP contribution in [0.2, 0.25) is 18.1 Å². The van der Waals surface area contributed by atoms with Crippen LogP contribution in [-0.4, -0.2) is 34.7 Å². The summed E-state index contributed by atoms with van der Waals surface area (Å²) in [7, 11) is -1.59. The third kappa shape index (κ3) is 5.58. The highest BCUT2D eigenvalue weighted by molar-refractivity contribution is 6.74. The number of rotatable bonds is 7. The SMILES string of the molecule is C=NC(=C)CNCCO[Si](C)(C)C(C)(C)C. The van der Waals surface area contributed by atoms with E-state index >= 15 is 0 Å². The lowest BCUT2D eigenvalue weighted by Gasteiger charge is -2.36. The molecule has 0 radical (unpaired) electrons. The fourth-order valence-electron chi connectivity index (χ4n) is 0.883. The molecule has 0 spiro atoms. The lowest BCUT2D eigenvalue weighted by atomic mass is 10.2. The first-order chi connectivity index (χ1) is 7.20. The zero-order valence-corrected chi connectivity index (χ0v) is 12.4. The van der Waals surface area contributed by atoms with Crippen LogP contribution in [0.4, 0.5) is 0 Å². The lowest BCUT2D eigenvalue weighted by molar-refractivity contribution is 0.287. The van der Waals surface area contributed by atoms with Crippen molar-refractivity contribution < 1.29 is 4.43 Å². The van der Waals surface area contributed by atoms with Crippen LogP contribution in [0, 0.1) is 0 Å². The smallest absolute Gasteiger partial charge is 0.192 e. The molecule has 0 heterocycles. The van der Waals surface area contributed by atoms with E-state index in [0.717, 1.165) is 18.8 Å². The highest BCUT2D eigenvalue weighted by atomic mass is 28.4. The van der Waals surface area contributed by atoms with Gasteiger partial charge < -0.3 is 9.74 Å². The molecule has 0 unspecified atom stereocenters. The molecule has 4 heteroatoms. The molecule has 16 heavy (non-hydrogen) atoms. The average Bonchev–Trinajstić information content (AvgIpc) is 2.15. The van der Waals surface area contributed by atoms with Gasteiger partial charge in [0.1, 0.15) is 0 Å². The van der Waals surface area contributed by atoms with Crippen LogP contribution in [0.5, 0.6) is 0 Å². The summed E-state index contributed by atoms with van der Waals surface area (Å²) in [5.74, 6) is 0. The van der Waals surface area contributed by atoms with Crippen LogP contribution >= 0.6 is 0 Å². The van der Waals surface area contributed by atoms with E-state index in [2.05, 4.69) is 57.5 Å². The minimum Gasteiger partial charge on any atom is -0.416 e. The second-order valence-corrected chi connectivity index (χ2v) is 10.3. The molecule has 3 nitrogen and oxygen atoms in total.